The first-order chi connectivity index (χ1) is 5.65. The van der Waals surface area contributed by atoms with Gasteiger partial charge in [-0.25, -0.2) is 0 Å². The van der Waals surface area contributed by atoms with Crippen molar-refractivity contribution < 1.29 is 9.66 Å². The molecular formula is C7H7N2O3. The molecule has 1 rings (SSSR count). The van der Waals surface area contributed by atoms with Crippen LogP contribution in [0.1, 0.15) is 0 Å². The third kappa shape index (κ3) is 1.45. The van der Waals surface area contributed by atoms with Gasteiger partial charge in [-0.2, -0.15) is 0 Å². The smallest absolute Gasteiger partial charge is 0.271 e. The van der Waals surface area contributed by atoms with Gasteiger partial charge in [0.15, 0.2) is 0 Å². The Balaban J connectivity index is 3.10. The fourth-order valence-electron chi connectivity index (χ4n) is 0.810. The molecule has 0 saturated carbocycles. The van der Waals surface area contributed by atoms with E-state index < -0.39 is 4.92 Å². The lowest BCUT2D eigenvalue weighted by Crippen LogP contribution is -1.90. The Labute approximate surface area is 68.9 Å². The molecule has 0 saturated heterocycles. The number of nitrogens with zero attached hydrogens (tertiary/aromatic N) is 1. The van der Waals surface area contributed by atoms with Crippen LogP contribution in [0.3, 0.4) is 0 Å². The maximum Gasteiger partial charge on any atom is 0.271 e. The zero-order chi connectivity index (χ0) is 9.14. The third-order valence-corrected chi connectivity index (χ3v) is 1.39. The lowest BCUT2D eigenvalue weighted by atomic mass is 10.2. The van der Waals surface area contributed by atoms with Crippen LogP contribution < -0.4 is 10.5 Å². The van der Waals surface area contributed by atoms with Crippen LogP contribution in [0, 0.1) is 10.1 Å². The van der Waals surface area contributed by atoms with Gasteiger partial charge in [0.1, 0.15) is 11.4 Å². The fourth-order valence-corrected chi connectivity index (χ4v) is 0.810. The van der Waals surface area contributed by atoms with E-state index in [4.69, 9.17) is 10.5 Å². The van der Waals surface area contributed by atoms with E-state index in [1.54, 1.807) is 0 Å². The summed E-state index contributed by atoms with van der Waals surface area (Å²) in [5.74, 6) is 0.334. The Hall–Kier alpha value is -1.78. The van der Waals surface area contributed by atoms with Crippen LogP contribution in [0.25, 0.3) is 0 Å². The van der Waals surface area contributed by atoms with Gasteiger partial charge in [-0.05, 0) is 6.07 Å². The van der Waals surface area contributed by atoms with Crippen molar-refractivity contribution in [2.75, 3.05) is 7.11 Å². The summed E-state index contributed by atoms with van der Waals surface area (Å²) < 4.78 is 4.77. The van der Waals surface area contributed by atoms with Crippen molar-refractivity contribution >= 4 is 11.4 Å². The molecular weight excluding hydrogens is 160 g/mol. The third-order valence-electron chi connectivity index (χ3n) is 1.39. The van der Waals surface area contributed by atoms with E-state index in [0.29, 0.717) is 5.75 Å². The number of rotatable bonds is 2. The average molecular weight is 167 g/mol. The van der Waals surface area contributed by atoms with Crippen molar-refractivity contribution in [2.45, 2.75) is 0 Å². The van der Waals surface area contributed by atoms with Crippen LogP contribution in [0.5, 0.6) is 5.75 Å². The number of ether oxygens (including phenoxy) is 1. The Kier molecular flexibility index (Phi) is 2.14. The second kappa shape index (κ2) is 3.08. The molecule has 0 aromatic heterocycles. The van der Waals surface area contributed by atoms with Gasteiger partial charge in [0.05, 0.1) is 12.0 Å². The van der Waals surface area contributed by atoms with Crippen molar-refractivity contribution in [1.29, 1.82) is 0 Å². The molecule has 0 bridgehead atoms. The second-order valence-electron chi connectivity index (χ2n) is 2.14. The van der Waals surface area contributed by atoms with E-state index in [1.165, 1.54) is 19.2 Å². The van der Waals surface area contributed by atoms with Gasteiger partial charge >= 0.3 is 0 Å². The summed E-state index contributed by atoms with van der Waals surface area (Å²) in [7, 11) is 1.42. The second-order valence-corrected chi connectivity index (χ2v) is 2.14. The predicted octanol–water partition coefficient (Wildman–Crippen LogP) is 1.52. The fraction of sp³-hybridized carbons (Fsp3) is 0.143. The topological polar surface area (TPSA) is 76.2 Å². The van der Waals surface area contributed by atoms with Crippen LogP contribution in [-0.4, -0.2) is 12.0 Å². The van der Waals surface area contributed by atoms with Crippen molar-refractivity contribution in [3.05, 3.63) is 28.3 Å². The highest BCUT2D eigenvalue weighted by Crippen LogP contribution is 2.26. The van der Waals surface area contributed by atoms with Crippen molar-refractivity contribution in [3.63, 3.8) is 0 Å². The zero-order valence-electron chi connectivity index (χ0n) is 6.40. The molecule has 0 amide bonds. The molecule has 1 radical (unpaired) electrons. The number of benzene rings is 1. The molecule has 63 valence electrons. The highest BCUT2D eigenvalue weighted by atomic mass is 16.6. The lowest BCUT2D eigenvalue weighted by Gasteiger charge is -2.01. The Bertz CT molecular complexity index is 312. The molecule has 0 heterocycles. The van der Waals surface area contributed by atoms with Crippen LogP contribution in [0.15, 0.2) is 18.2 Å². The molecule has 0 spiro atoms. The molecule has 5 heteroatoms. The minimum absolute atomic E-state index is 0.0201. The number of nitro groups is 1. The van der Waals surface area contributed by atoms with Gasteiger partial charge in [0.25, 0.3) is 5.69 Å². The Morgan fingerprint density at radius 1 is 1.58 bits per heavy atom. The minimum Gasteiger partial charge on any atom is -0.495 e. The summed E-state index contributed by atoms with van der Waals surface area (Å²) in [6.45, 7) is 0. The van der Waals surface area contributed by atoms with Crippen molar-refractivity contribution in [1.82, 2.24) is 5.73 Å². The van der Waals surface area contributed by atoms with Crippen molar-refractivity contribution in [2.24, 2.45) is 0 Å². The quantitative estimate of drug-likeness (QED) is 0.494. The first-order valence-electron chi connectivity index (χ1n) is 3.19. The molecule has 5 nitrogen and oxygen atoms in total. The van der Waals surface area contributed by atoms with Gasteiger partial charge in [0.2, 0.25) is 0 Å². The van der Waals surface area contributed by atoms with Crippen LogP contribution >= 0.6 is 0 Å². The maximum absolute atomic E-state index is 10.2. The standard InChI is InChI=1S/C7H7N2O3/c1-12-7-3-2-5(9(10)11)4-6(7)8/h2-4,8H,1H3. The Morgan fingerprint density at radius 3 is 2.67 bits per heavy atom. The van der Waals surface area contributed by atoms with Gasteiger partial charge in [-0.15, -0.1) is 0 Å². The van der Waals surface area contributed by atoms with E-state index in [0.717, 1.165) is 6.07 Å². The van der Waals surface area contributed by atoms with E-state index in [1.807, 2.05) is 0 Å². The molecule has 1 aromatic rings. The minimum atomic E-state index is -0.544. The van der Waals surface area contributed by atoms with E-state index in [9.17, 15) is 10.1 Å². The van der Waals surface area contributed by atoms with Crippen LogP contribution in [-0.2, 0) is 0 Å². The summed E-state index contributed by atoms with van der Waals surface area (Å²) in [4.78, 5) is 9.69. The molecule has 0 aliphatic heterocycles. The van der Waals surface area contributed by atoms with Gasteiger partial charge in [-0.3, -0.25) is 15.8 Å². The number of methoxy groups -OCH3 is 1. The molecule has 1 N–H and O–H groups in total. The highest BCUT2D eigenvalue weighted by Gasteiger charge is 2.08. The molecule has 0 atom stereocenters. The summed E-state index contributed by atoms with van der Waals surface area (Å²) >= 11 is 0. The van der Waals surface area contributed by atoms with E-state index >= 15 is 0 Å². The molecule has 0 aliphatic carbocycles. The first kappa shape index (κ1) is 8.32. The normalized spacial score (nSPS) is 9.42. The van der Waals surface area contributed by atoms with E-state index in [-0.39, 0.29) is 11.4 Å². The summed E-state index contributed by atoms with van der Waals surface area (Å²) in [6.07, 6.45) is 0. The number of non-ortho nitro benzene ring substituents is 1. The number of hydrogen-bond acceptors (Lipinski definition) is 3. The predicted molar refractivity (Wildman–Crippen MR) is 42.4 cm³/mol. The molecule has 0 unspecified atom stereocenters. The first-order valence-corrected chi connectivity index (χ1v) is 3.19. The van der Waals surface area contributed by atoms with Crippen LogP contribution in [0.2, 0.25) is 0 Å². The van der Waals surface area contributed by atoms with Gasteiger partial charge < -0.3 is 4.74 Å². The summed E-state index contributed by atoms with van der Waals surface area (Å²) in [6, 6.07) is 3.86. The zero-order valence-corrected chi connectivity index (χ0v) is 6.40. The van der Waals surface area contributed by atoms with Crippen molar-refractivity contribution in [3.8, 4) is 5.75 Å². The molecule has 1 aromatic carbocycles. The lowest BCUT2D eigenvalue weighted by molar-refractivity contribution is -0.384. The number of hydrogen-bond donors (Lipinski definition) is 0. The van der Waals surface area contributed by atoms with Crippen LogP contribution in [0.4, 0.5) is 11.4 Å². The largest absolute Gasteiger partial charge is 0.495 e. The maximum atomic E-state index is 10.2. The SMILES string of the molecule is COc1ccc([N+](=O)[O-])cc1[NH]. The van der Waals surface area contributed by atoms with Gasteiger partial charge in [-0.1, -0.05) is 0 Å². The summed E-state index contributed by atoms with van der Waals surface area (Å²) in [5.41, 5.74) is 7.20. The molecule has 0 aliphatic rings. The Morgan fingerprint density at radius 2 is 2.25 bits per heavy atom. The summed E-state index contributed by atoms with van der Waals surface area (Å²) in [5, 5.41) is 10.2. The average Bonchev–Trinajstić information content (AvgIpc) is 2.04. The van der Waals surface area contributed by atoms with Gasteiger partial charge in [0, 0.05) is 12.1 Å². The monoisotopic (exact) mass is 167 g/mol. The molecule has 12 heavy (non-hydrogen) atoms. The molecule has 0 fully saturated rings. The highest BCUT2D eigenvalue weighted by molar-refractivity contribution is 5.55. The van der Waals surface area contributed by atoms with E-state index in [2.05, 4.69) is 0 Å². The number of nitrogens with one attached hydrogen (secondary N) is 1. The number of nitro benzene ring substituents is 1.